The van der Waals surface area contributed by atoms with E-state index >= 15 is 0 Å². The van der Waals surface area contributed by atoms with E-state index in [1.165, 1.54) is 0 Å². The molecule has 19 nitrogen and oxygen atoms in total. The zero-order chi connectivity index (χ0) is 23.8. The lowest BCUT2D eigenvalue weighted by atomic mass is 9.82. The Morgan fingerprint density at radius 2 is 1.23 bits per heavy atom. The Morgan fingerprint density at radius 1 is 0.742 bits per heavy atom. The maximum absolute atomic E-state index is 11.7. The van der Waals surface area contributed by atoms with Gasteiger partial charge in [0.25, 0.3) is 28.5 Å². The van der Waals surface area contributed by atoms with E-state index in [9.17, 15) is 60.7 Å². The van der Waals surface area contributed by atoms with E-state index < -0.39 is 81.2 Å². The number of non-ortho nitro benzene ring substituents is 1. The van der Waals surface area contributed by atoms with Crippen molar-refractivity contribution >= 4 is 22.6 Å². The van der Waals surface area contributed by atoms with Gasteiger partial charge in [0.05, 0.1) is 42.8 Å². The highest BCUT2D eigenvalue weighted by atomic mass is 16.7. The summed E-state index contributed by atoms with van der Waals surface area (Å²) in [4.78, 5) is 60.1. The molecule has 1 aromatic carbocycles. The molecule has 31 heavy (non-hydrogen) atoms. The van der Waals surface area contributed by atoms with Crippen LogP contribution in [0.3, 0.4) is 0 Å². The minimum atomic E-state index is -3.29. The molecule has 0 aromatic heterocycles. The first kappa shape index (κ1) is 22.4. The van der Waals surface area contributed by atoms with Crippen LogP contribution in [-0.2, 0) is 0 Å². The van der Waals surface area contributed by atoms with Crippen molar-refractivity contribution in [2.75, 3.05) is 0 Å². The Hall–Kier alpha value is -4.94. The first-order valence-corrected chi connectivity index (χ1v) is 7.51. The predicted molar refractivity (Wildman–Crippen MR) is 93.9 cm³/mol. The number of nitrogens with two attached hydrogens (primary N) is 1. The molecule has 162 valence electrons. The van der Waals surface area contributed by atoms with Crippen LogP contribution in [-0.4, -0.2) is 35.2 Å². The summed E-state index contributed by atoms with van der Waals surface area (Å²) in [5, 5.41) is 68.2. The van der Waals surface area contributed by atoms with Gasteiger partial charge in [-0.15, -0.1) is 0 Å². The van der Waals surface area contributed by atoms with Crippen molar-refractivity contribution in [3.63, 3.8) is 0 Å². The minimum absolute atomic E-state index is 0.194. The second kappa shape index (κ2) is 7.47. The molecule has 0 saturated heterocycles. The molecule has 1 atom stereocenters. The Morgan fingerprint density at radius 3 is 1.55 bits per heavy atom. The number of benzene rings is 1. The minimum Gasteiger partial charge on any atom is -0.262 e. The summed E-state index contributed by atoms with van der Waals surface area (Å²) >= 11 is 0. The number of rotatable bonds is 7. The molecule has 1 aliphatic rings. The highest BCUT2D eigenvalue weighted by molar-refractivity contribution is 5.87. The van der Waals surface area contributed by atoms with Gasteiger partial charge in [-0.2, -0.15) is 0 Å². The first-order valence-electron chi connectivity index (χ1n) is 7.51. The normalized spacial score (nSPS) is 18.2. The Bertz CT molecular complexity index is 1120. The van der Waals surface area contributed by atoms with Crippen LogP contribution in [0.4, 0.5) is 17.1 Å². The van der Waals surface area contributed by atoms with Crippen LogP contribution in [0.1, 0.15) is 12.0 Å². The molecule has 0 aliphatic heterocycles. The molecule has 0 saturated carbocycles. The fourth-order valence-electron chi connectivity index (χ4n) is 2.88. The van der Waals surface area contributed by atoms with Crippen molar-refractivity contribution in [1.82, 2.24) is 0 Å². The van der Waals surface area contributed by atoms with E-state index in [2.05, 4.69) is 0 Å². The van der Waals surface area contributed by atoms with Crippen LogP contribution in [0.15, 0.2) is 29.6 Å². The molecule has 0 radical (unpaired) electrons. The third kappa shape index (κ3) is 3.69. The van der Waals surface area contributed by atoms with E-state index in [1.54, 1.807) is 0 Å². The predicted octanol–water partition coefficient (Wildman–Crippen LogP) is 0.895. The second-order valence-corrected chi connectivity index (χ2v) is 5.90. The van der Waals surface area contributed by atoms with Crippen LogP contribution in [0.2, 0.25) is 0 Å². The Labute approximate surface area is 166 Å². The highest BCUT2D eigenvalue weighted by Crippen LogP contribution is 2.47. The van der Waals surface area contributed by atoms with Crippen LogP contribution < -0.4 is 5.73 Å². The van der Waals surface area contributed by atoms with Gasteiger partial charge in [-0.05, 0) is 0 Å². The Kier molecular flexibility index (Phi) is 5.39. The topological polar surface area (TPSA) is 285 Å². The summed E-state index contributed by atoms with van der Waals surface area (Å²) in [6.45, 7) is 0. The molecule has 0 heterocycles. The molecule has 1 aromatic rings. The number of nitro groups is 6. The molecule has 1 unspecified atom stereocenters. The van der Waals surface area contributed by atoms with Crippen LogP contribution in [0.25, 0.3) is 5.57 Å². The Balaban J connectivity index is 3.20. The van der Waals surface area contributed by atoms with Gasteiger partial charge in [0, 0.05) is 4.92 Å². The lowest BCUT2D eigenvalue weighted by Gasteiger charge is -2.24. The van der Waals surface area contributed by atoms with Crippen molar-refractivity contribution in [2.45, 2.75) is 12.1 Å². The number of allylic oxidation sites excluding steroid dienone is 1. The van der Waals surface area contributed by atoms with Crippen molar-refractivity contribution in [3.05, 3.63) is 95.9 Å². The van der Waals surface area contributed by atoms with E-state index in [1.807, 2.05) is 0 Å². The van der Waals surface area contributed by atoms with Gasteiger partial charge in [-0.25, -0.2) is 0 Å². The standard InChI is InChI=1S/C12H7N7O12/c13-12(19(30)31)4-6(15(22)23)3-9(18(28)29)11(12)10-7(16(24)25)1-5(14(20)21)2-8(10)17(26)27/h1-3H,4,13H2. The summed E-state index contributed by atoms with van der Waals surface area (Å²) in [6.07, 6.45) is -1.11. The average Bonchev–Trinajstić information content (AvgIpc) is 2.65. The van der Waals surface area contributed by atoms with Crippen LogP contribution >= 0.6 is 0 Å². The molecule has 2 N–H and O–H groups in total. The third-order valence-corrected chi connectivity index (χ3v) is 4.14. The summed E-state index contributed by atoms with van der Waals surface area (Å²) < 4.78 is 0. The molecule has 0 amide bonds. The molecular formula is C12H7N7O12. The van der Waals surface area contributed by atoms with Crippen molar-refractivity contribution < 1.29 is 29.5 Å². The van der Waals surface area contributed by atoms with Gasteiger partial charge >= 0.3 is 5.66 Å². The molecule has 0 fully saturated rings. The van der Waals surface area contributed by atoms with E-state index in [0.29, 0.717) is 0 Å². The lowest BCUT2D eigenvalue weighted by molar-refractivity contribution is -0.559. The monoisotopic (exact) mass is 441 g/mol. The maximum Gasteiger partial charge on any atom is 0.316 e. The third-order valence-electron chi connectivity index (χ3n) is 4.14. The van der Waals surface area contributed by atoms with Crippen molar-refractivity contribution in [2.24, 2.45) is 5.73 Å². The second-order valence-electron chi connectivity index (χ2n) is 5.90. The summed E-state index contributed by atoms with van der Waals surface area (Å²) in [5.74, 6) is 0. The fourth-order valence-corrected chi connectivity index (χ4v) is 2.88. The van der Waals surface area contributed by atoms with Gasteiger partial charge in [0.15, 0.2) is 0 Å². The molecule has 0 bridgehead atoms. The number of nitrogens with zero attached hydrogens (tertiary/aromatic N) is 6. The summed E-state index contributed by atoms with van der Waals surface area (Å²) in [7, 11) is 0. The molecule has 2 rings (SSSR count). The number of hydrogen-bond donors (Lipinski definition) is 1. The van der Waals surface area contributed by atoms with Gasteiger partial charge < -0.3 is 0 Å². The van der Waals surface area contributed by atoms with Gasteiger partial charge in [0.2, 0.25) is 0 Å². The van der Waals surface area contributed by atoms with Crippen molar-refractivity contribution in [1.29, 1.82) is 0 Å². The summed E-state index contributed by atoms with van der Waals surface area (Å²) in [5.41, 5.74) is -7.14. The quantitative estimate of drug-likeness (QED) is 0.349. The highest BCUT2D eigenvalue weighted by Gasteiger charge is 2.58. The molecule has 19 heteroatoms. The molecule has 1 aliphatic carbocycles. The lowest BCUT2D eigenvalue weighted by Crippen LogP contribution is -2.51. The summed E-state index contributed by atoms with van der Waals surface area (Å²) in [6, 6.07) is 0.389. The smallest absolute Gasteiger partial charge is 0.262 e. The number of hydrogen-bond acceptors (Lipinski definition) is 13. The SMILES string of the molecule is NC1([N+](=O)[O-])CC([N+](=O)[O-])=CC([N+](=O)[O-])=C1c1c([N+](=O)[O-])cc([N+](=O)[O-])cc1[N+](=O)[O-]. The first-order chi connectivity index (χ1) is 14.2. The maximum atomic E-state index is 11.7. The van der Waals surface area contributed by atoms with Gasteiger partial charge in [0.1, 0.15) is 17.6 Å². The largest absolute Gasteiger partial charge is 0.316 e. The molecule has 0 spiro atoms. The van der Waals surface area contributed by atoms with Crippen LogP contribution in [0.5, 0.6) is 0 Å². The zero-order valence-electron chi connectivity index (χ0n) is 14.6. The van der Waals surface area contributed by atoms with Crippen molar-refractivity contribution in [3.8, 4) is 0 Å². The van der Waals surface area contributed by atoms with E-state index in [-0.39, 0.29) is 18.2 Å². The zero-order valence-corrected chi connectivity index (χ0v) is 14.6. The van der Waals surface area contributed by atoms with Gasteiger partial charge in [-0.3, -0.25) is 66.4 Å². The van der Waals surface area contributed by atoms with E-state index in [0.717, 1.165) is 0 Å². The van der Waals surface area contributed by atoms with Crippen LogP contribution in [0, 0.1) is 60.7 Å². The van der Waals surface area contributed by atoms with Gasteiger partial charge in [-0.1, -0.05) is 0 Å². The molecular weight excluding hydrogens is 434 g/mol. The average molecular weight is 441 g/mol. The number of nitro benzene ring substituents is 3. The van der Waals surface area contributed by atoms with E-state index in [4.69, 9.17) is 5.73 Å². The fraction of sp³-hybridized carbons (Fsp3) is 0.167.